The maximum absolute atomic E-state index is 12.0. The third kappa shape index (κ3) is 2.79. The normalized spacial score (nSPS) is 18.9. The largest absolute Gasteiger partial charge is 0.340 e. The summed E-state index contributed by atoms with van der Waals surface area (Å²) < 4.78 is 0.591. The predicted molar refractivity (Wildman–Crippen MR) is 72.8 cm³/mol. The fraction of sp³-hybridized carbons (Fsp3) is 0.250. The van der Waals surface area contributed by atoms with Gasteiger partial charge in [-0.05, 0) is 34.1 Å². The van der Waals surface area contributed by atoms with E-state index < -0.39 is 17.9 Å². The average molecular weight is 346 g/mol. The van der Waals surface area contributed by atoms with E-state index >= 15 is 0 Å². The molecule has 3 amide bonds. The van der Waals surface area contributed by atoms with Crippen LogP contribution in [0.3, 0.4) is 0 Å². The monoisotopic (exact) mass is 344 g/mol. The number of benzene rings is 1. The van der Waals surface area contributed by atoms with Gasteiger partial charge in [-0.1, -0.05) is 11.6 Å². The standard InChI is InChI=1S/C12H10BrClN2O3/c1-16-10(17)5-9(12(16)19)15-11(18)6-2-3-8(14)7(13)4-6/h2-4,9H,5H2,1H3,(H,15,18). The molecule has 0 bridgehead atoms. The van der Waals surface area contributed by atoms with Crippen LogP contribution in [0.15, 0.2) is 22.7 Å². The van der Waals surface area contributed by atoms with E-state index in [-0.39, 0.29) is 12.3 Å². The lowest BCUT2D eigenvalue weighted by atomic mass is 10.2. The molecule has 2 rings (SSSR count). The molecule has 1 unspecified atom stereocenters. The van der Waals surface area contributed by atoms with Crippen molar-refractivity contribution in [2.24, 2.45) is 0 Å². The second kappa shape index (κ2) is 5.30. The Morgan fingerprint density at radius 2 is 2.16 bits per heavy atom. The predicted octanol–water partition coefficient (Wildman–Crippen LogP) is 1.59. The number of carbonyl (C=O) groups excluding carboxylic acids is 3. The zero-order chi connectivity index (χ0) is 14.2. The highest BCUT2D eigenvalue weighted by Gasteiger charge is 2.37. The maximum atomic E-state index is 12.0. The summed E-state index contributed by atoms with van der Waals surface area (Å²) in [5.41, 5.74) is 0.367. The van der Waals surface area contributed by atoms with Crippen molar-refractivity contribution in [2.45, 2.75) is 12.5 Å². The number of imide groups is 1. The molecule has 1 fully saturated rings. The zero-order valence-electron chi connectivity index (χ0n) is 9.94. The van der Waals surface area contributed by atoms with Crippen LogP contribution >= 0.6 is 27.5 Å². The van der Waals surface area contributed by atoms with E-state index in [1.54, 1.807) is 18.2 Å². The summed E-state index contributed by atoms with van der Waals surface area (Å²) in [5.74, 6) is -1.11. The maximum Gasteiger partial charge on any atom is 0.252 e. The molecule has 19 heavy (non-hydrogen) atoms. The van der Waals surface area contributed by atoms with Crippen LogP contribution in [0.5, 0.6) is 0 Å². The second-order valence-corrected chi connectivity index (χ2v) is 5.41. The summed E-state index contributed by atoms with van der Waals surface area (Å²) in [5, 5.41) is 3.03. The molecule has 1 aliphatic rings. The van der Waals surface area contributed by atoms with Crippen LogP contribution in [-0.2, 0) is 9.59 Å². The number of nitrogens with zero attached hydrogens (tertiary/aromatic N) is 1. The summed E-state index contributed by atoms with van der Waals surface area (Å²) in [6.07, 6.45) is -0.00413. The molecule has 1 aromatic rings. The summed E-state index contributed by atoms with van der Waals surface area (Å²) in [7, 11) is 1.40. The van der Waals surface area contributed by atoms with Crippen molar-refractivity contribution >= 4 is 45.3 Å². The first kappa shape index (κ1) is 14.0. The summed E-state index contributed by atoms with van der Waals surface area (Å²) in [4.78, 5) is 36.0. The van der Waals surface area contributed by atoms with Gasteiger partial charge in [0.05, 0.1) is 11.4 Å². The van der Waals surface area contributed by atoms with Crippen molar-refractivity contribution in [3.8, 4) is 0 Å². The summed E-state index contributed by atoms with van der Waals surface area (Å²) in [6, 6.07) is 3.89. The van der Waals surface area contributed by atoms with Crippen molar-refractivity contribution < 1.29 is 14.4 Å². The highest BCUT2D eigenvalue weighted by molar-refractivity contribution is 9.10. The molecule has 1 atom stereocenters. The van der Waals surface area contributed by atoms with Gasteiger partial charge in [0.15, 0.2) is 0 Å². The number of likely N-dealkylation sites (N-methyl/N-ethyl adjacent to an activating group) is 1. The molecule has 0 spiro atoms. The molecule has 1 aromatic carbocycles. The lowest BCUT2D eigenvalue weighted by molar-refractivity contribution is -0.137. The molecular formula is C12H10BrClN2O3. The molecule has 1 heterocycles. The van der Waals surface area contributed by atoms with Crippen LogP contribution in [0.2, 0.25) is 5.02 Å². The van der Waals surface area contributed by atoms with Crippen molar-refractivity contribution in [1.29, 1.82) is 0 Å². The minimum atomic E-state index is -0.792. The van der Waals surface area contributed by atoms with Crippen LogP contribution in [0.1, 0.15) is 16.8 Å². The number of halogens is 2. The first-order valence-electron chi connectivity index (χ1n) is 5.46. The van der Waals surface area contributed by atoms with Gasteiger partial charge in [0, 0.05) is 17.1 Å². The van der Waals surface area contributed by atoms with E-state index in [0.717, 1.165) is 4.90 Å². The number of amides is 3. The van der Waals surface area contributed by atoms with Gasteiger partial charge in [0.1, 0.15) is 6.04 Å². The molecule has 1 N–H and O–H groups in total. The van der Waals surface area contributed by atoms with E-state index in [1.165, 1.54) is 7.05 Å². The highest BCUT2D eigenvalue weighted by atomic mass is 79.9. The van der Waals surface area contributed by atoms with Crippen LogP contribution in [0.4, 0.5) is 0 Å². The lowest BCUT2D eigenvalue weighted by Gasteiger charge is -2.11. The molecule has 1 saturated heterocycles. The van der Waals surface area contributed by atoms with Crippen molar-refractivity contribution in [3.05, 3.63) is 33.3 Å². The van der Waals surface area contributed by atoms with Crippen LogP contribution in [0.25, 0.3) is 0 Å². The van der Waals surface area contributed by atoms with Crippen molar-refractivity contribution in [3.63, 3.8) is 0 Å². The minimum Gasteiger partial charge on any atom is -0.340 e. The average Bonchev–Trinajstić information content (AvgIpc) is 2.60. The Morgan fingerprint density at radius 1 is 1.47 bits per heavy atom. The molecule has 7 heteroatoms. The number of hydrogen-bond donors (Lipinski definition) is 1. The van der Waals surface area contributed by atoms with Crippen molar-refractivity contribution in [1.82, 2.24) is 10.2 Å². The van der Waals surface area contributed by atoms with E-state index in [9.17, 15) is 14.4 Å². The number of rotatable bonds is 2. The highest BCUT2D eigenvalue weighted by Crippen LogP contribution is 2.23. The smallest absolute Gasteiger partial charge is 0.252 e. The van der Waals surface area contributed by atoms with Crippen molar-refractivity contribution in [2.75, 3.05) is 7.05 Å². The van der Waals surface area contributed by atoms with Gasteiger partial charge >= 0.3 is 0 Å². The SMILES string of the molecule is CN1C(=O)CC(NC(=O)c2ccc(Cl)c(Br)c2)C1=O. The fourth-order valence-electron chi connectivity index (χ4n) is 1.75. The molecular weight excluding hydrogens is 336 g/mol. The Kier molecular flexibility index (Phi) is 3.91. The Labute approximate surface area is 123 Å². The van der Waals surface area contributed by atoms with Gasteiger partial charge in [0.2, 0.25) is 5.91 Å². The Bertz CT molecular complexity index is 576. The topological polar surface area (TPSA) is 66.5 Å². The molecule has 5 nitrogen and oxygen atoms in total. The fourth-order valence-corrected chi connectivity index (χ4v) is 2.24. The molecule has 1 aliphatic heterocycles. The molecule has 0 aromatic heterocycles. The summed E-state index contributed by atoms with van der Waals surface area (Å²) in [6.45, 7) is 0. The van der Waals surface area contributed by atoms with Gasteiger partial charge in [-0.15, -0.1) is 0 Å². The van der Waals surface area contributed by atoms with Gasteiger partial charge < -0.3 is 5.32 Å². The minimum absolute atomic E-state index is 0.00413. The van der Waals surface area contributed by atoms with E-state index in [2.05, 4.69) is 21.2 Å². The Hall–Kier alpha value is -1.40. The number of nitrogens with one attached hydrogen (secondary N) is 1. The number of likely N-dealkylation sites (tertiary alicyclic amines) is 1. The third-order valence-electron chi connectivity index (χ3n) is 2.87. The van der Waals surface area contributed by atoms with Gasteiger partial charge in [-0.3, -0.25) is 19.3 Å². The Balaban J connectivity index is 2.11. The molecule has 0 radical (unpaired) electrons. The first-order valence-corrected chi connectivity index (χ1v) is 6.63. The quantitative estimate of drug-likeness (QED) is 0.828. The van der Waals surface area contributed by atoms with E-state index in [0.29, 0.717) is 15.1 Å². The molecule has 0 aliphatic carbocycles. The Morgan fingerprint density at radius 3 is 2.68 bits per heavy atom. The molecule has 100 valence electrons. The number of carbonyl (C=O) groups is 3. The summed E-state index contributed by atoms with van der Waals surface area (Å²) >= 11 is 9.05. The first-order chi connectivity index (χ1) is 8.90. The van der Waals surface area contributed by atoms with Crippen LogP contribution in [-0.4, -0.2) is 35.7 Å². The van der Waals surface area contributed by atoms with E-state index in [4.69, 9.17) is 11.6 Å². The van der Waals surface area contributed by atoms with E-state index in [1.807, 2.05) is 0 Å². The van der Waals surface area contributed by atoms with Gasteiger partial charge in [0.25, 0.3) is 11.8 Å². The third-order valence-corrected chi connectivity index (χ3v) is 4.08. The van der Waals surface area contributed by atoms with Crippen LogP contribution in [0, 0.1) is 0 Å². The van der Waals surface area contributed by atoms with Crippen LogP contribution < -0.4 is 5.32 Å². The van der Waals surface area contributed by atoms with Gasteiger partial charge in [-0.2, -0.15) is 0 Å². The second-order valence-electron chi connectivity index (χ2n) is 4.15. The lowest BCUT2D eigenvalue weighted by Crippen LogP contribution is -2.40. The number of hydrogen-bond acceptors (Lipinski definition) is 3. The zero-order valence-corrected chi connectivity index (χ0v) is 12.3. The molecule has 0 saturated carbocycles. The van der Waals surface area contributed by atoms with Gasteiger partial charge in [-0.25, -0.2) is 0 Å².